The van der Waals surface area contributed by atoms with Crippen LogP contribution >= 0.6 is 0 Å². The van der Waals surface area contributed by atoms with Crippen molar-refractivity contribution in [2.24, 2.45) is 0 Å². The number of fused-ring (bicyclic) bond motifs is 2. The molecule has 16 heteroatoms. The Hall–Kier alpha value is -7.17. The summed E-state index contributed by atoms with van der Waals surface area (Å²) >= 11 is 0. The van der Waals surface area contributed by atoms with Gasteiger partial charge in [0.1, 0.15) is 17.3 Å². The summed E-state index contributed by atoms with van der Waals surface area (Å²) in [5.41, 5.74) is 4.56. The molecule has 9 rings (SSSR count). The highest BCUT2D eigenvalue weighted by Crippen LogP contribution is 2.32. The number of benzene rings is 2. The molecule has 0 bridgehead atoms. The van der Waals surface area contributed by atoms with Gasteiger partial charge in [-0.2, -0.15) is 0 Å². The smallest absolute Gasteiger partial charge is 0.256 e. The van der Waals surface area contributed by atoms with Gasteiger partial charge in [-0.25, -0.2) is 15.0 Å². The molecular weight excluding hydrogens is 767 g/mol. The average Bonchev–Trinajstić information content (AvgIpc) is 4.13. The quantitative estimate of drug-likeness (QED) is 0.0966. The van der Waals surface area contributed by atoms with Crippen LogP contribution in [0.25, 0.3) is 44.8 Å². The molecule has 304 valence electrons. The number of aliphatic hydroxyl groups is 2. The molecule has 0 saturated carbocycles. The van der Waals surface area contributed by atoms with Gasteiger partial charge in [0.25, 0.3) is 11.8 Å². The van der Waals surface area contributed by atoms with Crippen molar-refractivity contribution >= 4 is 57.1 Å². The first-order chi connectivity index (χ1) is 29.2. The second-order valence-electron chi connectivity index (χ2n) is 15.0. The zero-order valence-electron chi connectivity index (χ0n) is 32.2. The van der Waals surface area contributed by atoms with Crippen molar-refractivity contribution in [3.05, 3.63) is 115 Å². The Morgan fingerprint density at radius 2 is 1.28 bits per heavy atom. The van der Waals surface area contributed by atoms with Gasteiger partial charge < -0.3 is 45.0 Å². The summed E-state index contributed by atoms with van der Waals surface area (Å²) in [6.45, 7) is 0.823. The van der Waals surface area contributed by atoms with Gasteiger partial charge in [-0.3, -0.25) is 19.2 Å². The Balaban J connectivity index is 0.779. The van der Waals surface area contributed by atoms with E-state index in [2.05, 4.69) is 35.6 Å². The maximum atomic E-state index is 13.4. The van der Waals surface area contributed by atoms with E-state index in [1.165, 1.54) is 4.90 Å². The number of H-pyrrole nitrogens is 2. The van der Waals surface area contributed by atoms with Crippen molar-refractivity contribution in [2.45, 2.75) is 56.4 Å². The van der Waals surface area contributed by atoms with E-state index in [-0.39, 0.29) is 24.3 Å². The molecule has 2 unspecified atom stereocenters. The second-order valence-corrected chi connectivity index (χ2v) is 15.0. The number of anilines is 2. The van der Waals surface area contributed by atoms with E-state index in [0.29, 0.717) is 94.1 Å². The summed E-state index contributed by atoms with van der Waals surface area (Å²) in [4.78, 5) is 75.1. The van der Waals surface area contributed by atoms with Crippen LogP contribution in [-0.4, -0.2) is 93.7 Å². The van der Waals surface area contributed by atoms with E-state index in [1.807, 2.05) is 12.1 Å². The number of likely N-dealkylation sites (tertiary alicyclic amines) is 2. The number of nitrogens with one attached hydrogen (secondary N) is 4. The summed E-state index contributed by atoms with van der Waals surface area (Å²) in [5.74, 6) is -0.671. The van der Waals surface area contributed by atoms with Gasteiger partial charge >= 0.3 is 0 Å². The number of hydrogen-bond acceptors (Lipinski definition) is 10. The number of nitrogens with zero attached hydrogens (tertiary/aromatic N) is 5. The standard InChI is InChI=1S/C44H41N9O7/c54-36(21-29-5-3-19-52(29)43(58)37(55)32-22-47-39-30(32)6-1-17-45-39)50-27-13-9-25(10-14-27)35-24-49-42(60-35)26-11-15-28(16-12-26)51-41(57)34-8-4-20-53(34)44(59)38(56)33-23-48-40-31(33)7-2-18-46-40/h1-2,6-7,9-18,22-24,29,34,37-38,55-56H,3-5,8,19-21H2,(H,45,47)(H,46,48)(H,50,54)(H,51,57)/t29-,34-,37?,38?/m0/s1. The van der Waals surface area contributed by atoms with Crippen LogP contribution in [0.2, 0.25) is 0 Å². The lowest BCUT2D eigenvalue weighted by Crippen LogP contribution is -2.45. The number of oxazole rings is 1. The van der Waals surface area contributed by atoms with Crippen LogP contribution in [0.1, 0.15) is 55.4 Å². The first kappa shape index (κ1) is 38.4. The second kappa shape index (κ2) is 16.2. The largest absolute Gasteiger partial charge is 0.436 e. The minimum atomic E-state index is -1.43. The van der Waals surface area contributed by atoms with Crippen LogP contribution in [-0.2, 0) is 19.2 Å². The molecule has 4 amide bonds. The SMILES string of the molecule is O=C(C[C@@H]1CCCN1C(=O)C(O)c1c[nH]c2ncccc12)Nc1ccc(-c2cnc(-c3ccc(NC(=O)[C@@H]4CCCN4C(=O)C(O)c4c[nH]c5ncccc45)cc3)o2)cc1. The summed E-state index contributed by atoms with van der Waals surface area (Å²) in [6.07, 6.45) is 7.83. The summed E-state index contributed by atoms with van der Waals surface area (Å²) in [5, 5.41) is 29.1. The number of hydrogen-bond donors (Lipinski definition) is 6. The fraction of sp³-hybridized carbons (Fsp3) is 0.250. The van der Waals surface area contributed by atoms with E-state index in [1.54, 1.807) is 96.5 Å². The Morgan fingerprint density at radius 1 is 0.717 bits per heavy atom. The molecule has 7 aromatic rings. The molecule has 2 aromatic carbocycles. The van der Waals surface area contributed by atoms with E-state index in [4.69, 9.17) is 4.42 Å². The van der Waals surface area contributed by atoms with Crippen molar-refractivity contribution in [1.29, 1.82) is 0 Å². The lowest BCUT2D eigenvalue weighted by atomic mass is 10.1. The number of aromatic nitrogens is 5. The molecule has 7 heterocycles. The van der Waals surface area contributed by atoms with E-state index in [9.17, 15) is 29.4 Å². The van der Waals surface area contributed by atoms with Crippen LogP contribution in [0.5, 0.6) is 0 Å². The molecule has 0 radical (unpaired) electrons. The Labute approximate surface area is 342 Å². The highest BCUT2D eigenvalue weighted by atomic mass is 16.4. The van der Waals surface area contributed by atoms with Gasteiger partial charge in [0.15, 0.2) is 18.0 Å². The Bertz CT molecular complexity index is 2710. The van der Waals surface area contributed by atoms with Gasteiger partial charge in [0.05, 0.1) is 6.20 Å². The topological polar surface area (TPSA) is 223 Å². The van der Waals surface area contributed by atoms with Gasteiger partial charge in [-0.1, -0.05) is 0 Å². The maximum absolute atomic E-state index is 13.4. The lowest BCUT2D eigenvalue weighted by Gasteiger charge is -2.26. The number of carbonyl (C=O) groups excluding carboxylic acids is 4. The van der Waals surface area contributed by atoms with Crippen LogP contribution in [0, 0.1) is 0 Å². The zero-order valence-corrected chi connectivity index (χ0v) is 32.2. The predicted molar refractivity (Wildman–Crippen MR) is 221 cm³/mol. The average molecular weight is 808 g/mol. The fourth-order valence-electron chi connectivity index (χ4n) is 8.23. The maximum Gasteiger partial charge on any atom is 0.256 e. The van der Waals surface area contributed by atoms with Crippen LogP contribution < -0.4 is 10.6 Å². The van der Waals surface area contributed by atoms with Crippen LogP contribution in [0.15, 0.2) is 108 Å². The lowest BCUT2D eigenvalue weighted by molar-refractivity contribution is -0.144. The van der Waals surface area contributed by atoms with Crippen molar-refractivity contribution in [2.75, 3.05) is 23.7 Å². The zero-order chi connectivity index (χ0) is 41.3. The number of rotatable bonds is 11. The van der Waals surface area contributed by atoms with E-state index < -0.39 is 30.1 Å². The normalized spacial score (nSPS) is 17.6. The van der Waals surface area contributed by atoms with Crippen molar-refractivity contribution in [3.8, 4) is 22.8 Å². The molecule has 5 aromatic heterocycles. The third kappa shape index (κ3) is 7.49. The van der Waals surface area contributed by atoms with Crippen molar-refractivity contribution < 1.29 is 33.8 Å². The number of pyridine rings is 2. The monoisotopic (exact) mass is 807 g/mol. The molecule has 2 aliphatic heterocycles. The van der Waals surface area contributed by atoms with Gasteiger partial charge in [-0.05, 0) is 98.5 Å². The number of aliphatic hydroxyl groups excluding tert-OH is 2. The first-order valence-corrected chi connectivity index (χ1v) is 19.8. The molecule has 16 nitrogen and oxygen atoms in total. The number of amides is 4. The highest BCUT2D eigenvalue weighted by Gasteiger charge is 2.38. The van der Waals surface area contributed by atoms with Crippen LogP contribution in [0.3, 0.4) is 0 Å². The van der Waals surface area contributed by atoms with Gasteiger partial charge in [-0.15, -0.1) is 0 Å². The number of aromatic amines is 2. The third-order valence-electron chi connectivity index (χ3n) is 11.3. The fourth-order valence-corrected chi connectivity index (χ4v) is 8.23. The Morgan fingerprint density at radius 3 is 1.93 bits per heavy atom. The van der Waals surface area contributed by atoms with Crippen LogP contribution in [0.4, 0.5) is 11.4 Å². The molecular formula is C44H41N9O7. The Kier molecular flexibility index (Phi) is 10.4. The molecule has 60 heavy (non-hydrogen) atoms. The highest BCUT2D eigenvalue weighted by molar-refractivity contribution is 5.99. The minimum Gasteiger partial charge on any atom is -0.436 e. The van der Waals surface area contributed by atoms with E-state index in [0.717, 1.165) is 12.0 Å². The molecule has 2 aliphatic rings. The minimum absolute atomic E-state index is 0.0944. The third-order valence-corrected chi connectivity index (χ3v) is 11.3. The molecule has 0 aliphatic carbocycles. The van der Waals surface area contributed by atoms with E-state index >= 15 is 0 Å². The van der Waals surface area contributed by atoms with Crippen molar-refractivity contribution in [1.82, 2.24) is 34.7 Å². The molecule has 2 saturated heterocycles. The predicted octanol–water partition coefficient (Wildman–Crippen LogP) is 5.48. The summed E-state index contributed by atoms with van der Waals surface area (Å²) in [6, 6.07) is 20.1. The molecule has 2 fully saturated rings. The van der Waals surface area contributed by atoms with Gasteiger partial charge in [0, 0.05) is 94.7 Å². The number of carbonyl (C=O) groups is 4. The summed E-state index contributed by atoms with van der Waals surface area (Å²) in [7, 11) is 0. The molecule has 4 atom stereocenters. The van der Waals surface area contributed by atoms with Gasteiger partial charge in [0.2, 0.25) is 17.7 Å². The van der Waals surface area contributed by atoms with Crippen molar-refractivity contribution in [3.63, 3.8) is 0 Å². The summed E-state index contributed by atoms with van der Waals surface area (Å²) < 4.78 is 6.07. The molecule has 0 spiro atoms. The molecule has 6 N–H and O–H groups in total. The first-order valence-electron chi connectivity index (χ1n) is 19.8.